The summed E-state index contributed by atoms with van der Waals surface area (Å²) in [6.07, 6.45) is 7.64. The number of amides is 1. The van der Waals surface area contributed by atoms with Gasteiger partial charge in [0.05, 0.1) is 7.05 Å². The van der Waals surface area contributed by atoms with Crippen LogP contribution in [0.1, 0.15) is 64.4 Å². The van der Waals surface area contributed by atoms with Crippen molar-refractivity contribution < 1.29 is 9.39 Å². The maximum Gasteiger partial charge on any atom is 0.264 e. The molecular weight excluding hydrogens is 272 g/mol. The second-order valence-corrected chi connectivity index (χ2v) is 6.46. The zero-order valence-electron chi connectivity index (χ0n) is 14.6. The van der Waals surface area contributed by atoms with Crippen molar-refractivity contribution in [1.29, 1.82) is 0 Å². The van der Waals surface area contributed by atoms with Gasteiger partial charge in [-0.2, -0.15) is 0 Å². The number of carbonyl (C=O) groups excluding carboxylic acids is 1. The van der Waals surface area contributed by atoms with E-state index in [0.717, 1.165) is 32.4 Å². The van der Waals surface area contributed by atoms with Gasteiger partial charge in [-0.3, -0.25) is 4.79 Å². The number of unbranched alkanes of at least 4 members (excludes halogenated alkanes) is 4. The van der Waals surface area contributed by atoms with Crippen LogP contribution in [0.5, 0.6) is 0 Å². The minimum Gasteiger partial charge on any atom is -0.270 e. The first-order chi connectivity index (χ1) is 10.6. The van der Waals surface area contributed by atoms with E-state index in [1.165, 1.54) is 24.8 Å². The Bertz CT molecular complexity index is 419. The number of quaternary nitrogens is 1. The van der Waals surface area contributed by atoms with E-state index in [1.807, 2.05) is 6.07 Å². The van der Waals surface area contributed by atoms with Gasteiger partial charge in [0.25, 0.3) is 5.91 Å². The molecule has 1 rings (SSSR count). The van der Waals surface area contributed by atoms with E-state index in [9.17, 15) is 4.79 Å². The molecule has 0 aromatic heterocycles. The van der Waals surface area contributed by atoms with E-state index in [0.29, 0.717) is 11.0 Å². The van der Waals surface area contributed by atoms with Crippen LogP contribution in [0.15, 0.2) is 30.3 Å². The fourth-order valence-electron chi connectivity index (χ4n) is 2.90. The lowest BCUT2D eigenvalue weighted by atomic mass is 10.1. The van der Waals surface area contributed by atoms with E-state index in [1.54, 1.807) is 0 Å². The molecule has 0 radical (unpaired) electrons. The Morgan fingerprint density at radius 3 is 2.32 bits per heavy atom. The van der Waals surface area contributed by atoms with Crippen LogP contribution in [0.25, 0.3) is 0 Å². The van der Waals surface area contributed by atoms with Gasteiger partial charge < -0.3 is 0 Å². The van der Waals surface area contributed by atoms with Crippen LogP contribution in [0.3, 0.4) is 0 Å². The number of hydrogen-bond acceptors (Lipinski definition) is 1. The van der Waals surface area contributed by atoms with Gasteiger partial charge in [-0.05, 0) is 12.8 Å². The minimum atomic E-state index is 0.184. The van der Waals surface area contributed by atoms with E-state index < -0.39 is 0 Å². The first-order valence-corrected chi connectivity index (χ1v) is 8.79. The molecule has 3 nitrogen and oxygen atoms in total. The summed E-state index contributed by atoms with van der Waals surface area (Å²) < 4.78 is 0.592. The Kier molecular flexibility index (Phi) is 8.83. The number of benzene rings is 1. The summed E-state index contributed by atoms with van der Waals surface area (Å²) in [5, 5.41) is 0. The SMILES string of the molecule is CCCCCCCC(=O)N[N+](C)(CCC)Cc1ccccc1. The highest BCUT2D eigenvalue weighted by Crippen LogP contribution is 2.11. The fourth-order valence-corrected chi connectivity index (χ4v) is 2.90. The van der Waals surface area contributed by atoms with Gasteiger partial charge in [0.2, 0.25) is 0 Å². The van der Waals surface area contributed by atoms with Crippen molar-refractivity contribution in [3.05, 3.63) is 35.9 Å². The molecule has 0 aliphatic rings. The van der Waals surface area contributed by atoms with Crippen LogP contribution >= 0.6 is 0 Å². The monoisotopic (exact) mass is 305 g/mol. The maximum atomic E-state index is 12.2. The van der Waals surface area contributed by atoms with E-state index in [2.05, 4.69) is 50.6 Å². The Hall–Kier alpha value is -1.35. The molecule has 0 aliphatic heterocycles. The molecule has 1 N–H and O–H groups in total. The van der Waals surface area contributed by atoms with Gasteiger partial charge in [-0.1, -0.05) is 69.9 Å². The smallest absolute Gasteiger partial charge is 0.264 e. The molecule has 0 heterocycles. The Morgan fingerprint density at radius 1 is 1.00 bits per heavy atom. The molecule has 1 unspecified atom stereocenters. The highest BCUT2D eigenvalue weighted by Gasteiger charge is 2.24. The van der Waals surface area contributed by atoms with Crippen LogP contribution in [-0.4, -0.2) is 24.1 Å². The first-order valence-electron chi connectivity index (χ1n) is 8.79. The molecule has 0 aliphatic carbocycles. The summed E-state index contributed by atoms with van der Waals surface area (Å²) in [5.41, 5.74) is 4.50. The molecule has 3 heteroatoms. The summed E-state index contributed by atoms with van der Waals surface area (Å²) in [6.45, 7) is 6.18. The van der Waals surface area contributed by atoms with Crippen LogP contribution in [-0.2, 0) is 11.3 Å². The highest BCUT2D eigenvalue weighted by atomic mass is 16.2. The molecule has 1 aromatic carbocycles. The quantitative estimate of drug-likeness (QED) is 0.365. The van der Waals surface area contributed by atoms with Crippen molar-refractivity contribution >= 4 is 5.91 Å². The Balaban J connectivity index is 2.46. The number of rotatable bonds is 11. The maximum absolute atomic E-state index is 12.2. The van der Waals surface area contributed by atoms with Crippen molar-refractivity contribution in [2.45, 2.75) is 65.3 Å². The van der Waals surface area contributed by atoms with Crippen LogP contribution in [0.2, 0.25) is 0 Å². The molecule has 1 aromatic rings. The molecule has 1 atom stereocenters. The minimum absolute atomic E-state index is 0.184. The third-order valence-corrected chi connectivity index (χ3v) is 3.99. The van der Waals surface area contributed by atoms with Crippen LogP contribution in [0.4, 0.5) is 0 Å². The van der Waals surface area contributed by atoms with E-state index in [-0.39, 0.29) is 5.91 Å². The predicted molar refractivity (Wildman–Crippen MR) is 93.0 cm³/mol. The average Bonchev–Trinajstić information content (AvgIpc) is 2.48. The molecule has 124 valence electrons. The molecule has 0 spiro atoms. The lowest BCUT2D eigenvalue weighted by molar-refractivity contribution is -0.956. The van der Waals surface area contributed by atoms with Crippen LogP contribution < -0.4 is 5.43 Å². The summed E-state index contributed by atoms with van der Waals surface area (Å²) in [7, 11) is 2.12. The van der Waals surface area contributed by atoms with Crippen molar-refractivity contribution in [3.63, 3.8) is 0 Å². The molecule has 22 heavy (non-hydrogen) atoms. The van der Waals surface area contributed by atoms with Gasteiger partial charge in [0.1, 0.15) is 13.1 Å². The van der Waals surface area contributed by atoms with E-state index in [4.69, 9.17) is 0 Å². The molecule has 0 bridgehead atoms. The first kappa shape index (κ1) is 18.7. The standard InChI is InChI=1S/C19H32N2O/c1-4-6-7-8-12-15-19(22)20-21(3,16-5-2)17-18-13-10-9-11-14-18/h9-11,13-14H,4-8,12,15-17H2,1-3H3/p+1. The molecular formula is C19H33N2O+. The van der Waals surface area contributed by atoms with Gasteiger partial charge >= 0.3 is 0 Å². The van der Waals surface area contributed by atoms with Crippen molar-refractivity contribution in [2.24, 2.45) is 0 Å². The predicted octanol–water partition coefficient (Wildman–Crippen LogP) is 4.43. The summed E-state index contributed by atoms with van der Waals surface area (Å²) >= 11 is 0. The third-order valence-electron chi connectivity index (χ3n) is 3.99. The number of carbonyl (C=O) groups is 1. The van der Waals surface area contributed by atoms with Gasteiger partial charge in [-0.15, -0.1) is 0 Å². The Morgan fingerprint density at radius 2 is 1.68 bits per heavy atom. The normalized spacial score (nSPS) is 13.6. The van der Waals surface area contributed by atoms with Gasteiger partial charge in [0, 0.05) is 12.0 Å². The number of nitrogens with one attached hydrogen (secondary N) is 1. The van der Waals surface area contributed by atoms with Gasteiger partial charge in [0.15, 0.2) is 0 Å². The zero-order chi connectivity index (χ0) is 16.3. The number of nitrogens with zero attached hydrogens (tertiary/aromatic N) is 1. The Labute approximate surface area is 136 Å². The fraction of sp³-hybridized carbons (Fsp3) is 0.632. The second-order valence-electron chi connectivity index (χ2n) is 6.46. The molecule has 1 amide bonds. The molecule has 0 saturated heterocycles. The van der Waals surface area contributed by atoms with E-state index >= 15 is 0 Å². The zero-order valence-corrected chi connectivity index (χ0v) is 14.6. The number of hydrogen-bond donors (Lipinski definition) is 1. The lowest BCUT2D eigenvalue weighted by Crippen LogP contribution is -2.57. The summed E-state index contributed by atoms with van der Waals surface area (Å²) in [5.74, 6) is 0.184. The summed E-state index contributed by atoms with van der Waals surface area (Å²) in [4.78, 5) is 12.2. The highest BCUT2D eigenvalue weighted by molar-refractivity contribution is 5.74. The van der Waals surface area contributed by atoms with Crippen LogP contribution in [0, 0.1) is 0 Å². The van der Waals surface area contributed by atoms with Crippen molar-refractivity contribution in [1.82, 2.24) is 5.43 Å². The molecule has 0 fully saturated rings. The average molecular weight is 305 g/mol. The molecule has 0 saturated carbocycles. The second kappa shape index (κ2) is 10.4. The lowest BCUT2D eigenvalue weighted by Gasteiger charge is -2.33. The summed E-state index contributed by atoms with van der Waals surface area (Å²) in [6, 6.07) is 10.4. The third kappa shape index (κ3) is 7.60. The largest absolute Gasteiger partial charge is 0.270 e. The van der Waals surface area contributed by atoms with Gasteiger partial charge in [-0.25, -0.2) is 10.0 Å². The topological polar surface area (TPSA) is 29.1 Å². The van der Waals surface area contributed by atoms with Crippen molar-refractivity contribution in [3.8, 4) is 0 Å². The van der Waals surface area contributed by atoms with Crippen molar-refractivity contribution in [2.75, 3.05) is 13.6 Å².